The number of carbonyl (C=O) groups is 1. The number of nitrogens with one attached hydrogen (secondary N) is 2. The highest BCUT2D eigenvalue weighted by Crippen LogP contribution is 2.38. The number of rotatable bonds is 9. The molecule has 2 aromatic rings. The summed E-state index contributed by atoms with van der Waals surface area (Å²) in [6.45, 7) is 2.72. The fraction of sp³-hybridized carbons (Fsp3) is 0.417. The first-order valence-electron chi connectivity index (χ1n) is 10.7. The molecule has 0 aliphatic carbocycles. The molecule has 32 heavy (non-hydrogen) atoms. The van der Waals surface area contributed by atoms with Crippen molar-refractivity contribution in [3.8, 4) is 17.2 Å². The fourth-order valence-corrected chi connectivity index (χ4v) is 3.68. The van der Waals surface area contributed by atoms with Crippen LogP contribution in [-0.2, 0) is 24.4 Å². The maximum Gasteiger partial charge on any atom is 0.222 e. The highest BCUT2D eigenvalue weighted by atomic mass is 16.5. The van der Waals surface area contributed by atoms with E-state index < -0.39 is 0 Å². The maximum absolute atomic E-state index is 11.8. The average Bonchev–Trinajstić information content (AvgIpc) is 3.23. The van der Waals surface area contributed by atoms with Gasteiger partial charge in [-0.25, -0.2) is 0 Å². The molecule has 1 aliphatic heterocycles. The van der Waals surface area contributed by atoms with Crippen LogP contribution < -0.4 is 24.8 Å². The Morgan fingerprint density at radius 2 is 1.53 bits per heavy atom. The molecule has 0 radical (unpaired) electrons. The lowest BCUT2D eigenvalue weighted by molar-refractivity contribution is -0.128. The SMILES string of the molecule is CN=C(NCc1ccc(CN2CCCC2=O)cc1)NCc1cc(OC)c(OC)c(OC)c1. The van der Waals surface area contributed by atoms with Crippen LogP contribution in [0.15, 0.2) is 41.4 Å². The van der Waals surface area contributed by atoms with E-state index in [-0.39, 0.29) is 5.91 Å². The van der Waals surface area contributed by atoms with Crippen LogP contribution in [-0.4, -0.2) is 51.7 Å². The molecule has 1 amide bonds. The Bertz CT molecular complexity index is 919. The molecular weight excluding hydrogens is 408 g/mol. The van der Waals surface area contributed by atoms with Crippen molar-refractivity contribution >= 4 is 11.9 Å². The zero-order valence-corrected chi connectivity index (χ0v) is 19.2. The number of aliphatic imine (C=N–C) groups is 1. The smallest absolute Gasteiger partial charge is 0.222 e. The minimum absolute atomic E-state index is 0.248. The summed E-state index contributed by atoms with van der Waals surface area (Å²) >= 11 is 0. The summed E-state index contributed by atoms with van der Waals surface area (Å²) < 4.78 is 16.2. The summed E-state index contributed by atoms with van der Waals surface area (Å²) in [6.07, 6.45) is 1.63. The first-order valence-corrected chi connectivity index (χ1v) is 10.7. The third-order valence-corrected chi connectivity index (χ3v) is 5.44. The Balaban J connectivity index is 1.53. The van der Waals surface area contributed by atoms with Crippen LogP contribution in [0, 0.1) is 0 Å². The van der Waals surface area contributed by atoms with E-state index in [9.17, 15) is 4.79 Å². The van der Waals surface area contributed by atoms with Crippen LogP contribution in [0.4, 0.5) is 0 Å². The molecule has 1 heterocycles. The molecular formula is C24H32N4O4. The van der Waals surface area contributed by atoms with Crippen LogP contribution >= 0.6 is 0 Å². The van der Waals surface area contributed by atoms with Gasteiger partial charge in [-0.3, -0.25) is 9.79 Å². The van der Waals surface area contributed by atoms with Gasteiger partial charge in [0.2, 0.25) is 11.7 Å². The Kier molecular flexibility index (Phi) is 8.19. The van der Waals surface area contributed by atoms with Gasteiger partial charge in [0, 0.05) is 39.6 Å². The zero-order chi connectivity index (χ0) is 22.9. The lowest BCUT2D eigenvalue weighted by atomic mass is 10.1. The summed E-state index contributed by atoms with van der Waals surface area (Å²) in [7, 11) is 6.52. The van der Waals surface area contributed by atoms with Crippen LogP contribution in [0.3, 0.4) is 0 Å². The van der Waals surface area contributed by atoms with E-state index in [0.717, 1.165) is 29.7 Å². The molecule has 172 valence electrons. The molecule has 0 spiro atoms. The molecule has 0 bridgehead atoms. The van der Waals surface area contributed by atoms with Gasteiger partial charge >= 0.3 is 0 Å². The summed E-state index contributed by atoms with van der Waals surface area (Å²) in [6, 6.07) is 12.1. The molecule has 2 N–H and O–H groups in total. The number of benzene rings is 2. The number of hydrogen-bond acceptors (Lipinski definition) is 5. The number of hydrogen-bond donors (Lipinski definition) is 2. The molecule has 0 atom stereocenters. The normalized spacial score (nSPS) is 13.8. The van der Waals surface area contributed by atoms with E-state index in [1.54, 1.807) is 28.4 Å². The Morgan fingerprint density at radius 3 is 2.03 bits per heavy atom. The van der Waals surface area contributed by atoms with Crippen LogP contribution in [0.2, 0.25) is 0 Å². The van der Waals surface area contributed by atoms with Crippen molar-refractivity contribution < 1.29 is 19.0 Å². The predicted octanol–water partition coefficient (Wildman–Crippen LogP) is 2.70. The van der Waals surface area contributed by atoms with Crippen LogP contribution in [0.25, 0.3) is 0 Å². The first-order chi connectivity index (χ1) is 15.6. The zero-order valence-electron chi connectivity index (χ0n) is 19.2. The number of amides is 1. The molecule has 3 rings (SSSR count). The number of likely N-dealkylation sites (tertiary alicyclic amines) is 1. The van der Waals surface area contributed by atoms with Crippen LogP contribution in [0.5, 0.6) is 17.2 Å². The lowest BCUT2D eigenvalue weighted by Gasteiger charge is -2.17. The summed E-state index contributed by atoms with van der Waals surface area (Å²) in [5.74, 6) is 2.73. The minimum Gasteiger partial charge on any atom is -0.493 e. The van der Waals surface area contributed by atoms with E-state index >= 15 is 0 Å². The largest absolute Gasteiger partial charge is 0.493 e. The molecule has 8 nitrogen and oxygen atoms in total. The molecule has 0 aromatic heterocycles. The van der Waals surface area contributed by atoms with Gasteiger partial charge in [0.15, 0.2) is 17.5 Å². The van der Waals surface area contributed by atoms with E-state index in [0.29, 0.717) is 49.3 Å². The predicted molar refractivity (Wildman–Crippen MR) is 124 cm³/mol. The van der Waals surface area contributed by atoms with Gasteiger partial charge in [0.1, 0.15) is 0 Å². The van der Waals surface area contributed by atoms with Crippen molar-refractivity contribution in [3.63, 3.8) is 0 Å². The van der Waals surface area contributed by atoms with Crippen LogP contribution in [0.1, 0.15) is 29.5 Å². The van der Waals surface area contributed by atoms with Gasteiger partial charge < -0.3 is 29.7 Å². The van der Waals surface area contributed by atoms with Crippen molar-refractivity contribution in [2.24, 2.45) is 4.99 Å². The van der Waals surface area contributed by atoms with Gasteiger partial charge in [-0.15, -0.1) is 0 Å². The topological polar surface area (TPSA) is 84.4 Å². The van der Waals surface area contributed by atoms with Crippen molar-refractivity contribution in [3.05, 3.63) is 53.1 Å². The molecule has 0 saturated carbocycles. The third-order valence-electron chi connectivity index (χ3n) is 5.44. The van der Waals surface area contributed by atoms with E-state index in [1.165, 1.54) is 0 Å². The Morgan fingerprint density at radius 1 is 0.938 bits per heavy atom. The number of guanidine groups is 1. The number of nitrogens with zero attached hydrogens (tertiary/aromatic N) is 2. The van der Waals surface area contributed by atoms with Gasteiger partial charge in [-0.05, 0) is 35.2 Å². The van der Waals surface area contributed by atoms with Gasteiger partial charge in [0.25, 0.3) is 0 Å². The molecule has 8 heteroatoms. The molecule has 1 fully saturated rings. The monoisotopic (exact) mass is 440 g/mol. The van der Waals surface area contributed by atoms with Crippen molar-refractivity contribution in [2.45, 2.75) is 32.5 Å². The first kappa shape index (κ1) is 23.2. The lowest BCUT2D eigenvalue weighted by Crippen LogP contribution is -2.36. The van der Waals surface area contributed by atoms with E-state index in [1.807, 2.05) is 17.0 Å². The second kappa shape index (κ2) is 11.3. The maximum atomic E-state index is 11.8. The Hall–Kier alpha value is -3.42. The van der Waals surface area contributed by atoms with Gasteiger partial charge in [0.05, 0.1) is 21.3 Å². The quantitative estimate of drug-likeness (QED) is 0.461. The second-order valence-electron chi connectivity index (χ2n) is 7.55. The molecule has 2 aromatic carbocycles. The number of methoxy groups -OCH3 is 3. The highest BCUT2D eigenvalue weighted by molar-refractivity contribution is 5.79. The van der Waals surface area contributed by atoms with E-state index in [2.05, 4.69) is 39.9 Å². The minimum atomic E-state index is 0.248. The number of ether oxygens (including phenoxy) is 3. The summed E-state index contributed by atoms with van der Waals surface area (Å²) in [4.78, 5) is 18.0. The highest BCUT2D eigenvalue weighted by Gasteiger charge is 2.19. The van der Waals surface area contributed by atoms with E-state index in [4.69, 9.17) is 14.2 Å². The molecule has 1 saturated heterocycles. The van der Waals surface area contributed by atoms with Crippen molar-refractivity contribution in [1.82, 2.24) is 15.5 Å². The van der Waals surface area contributed by atoms with Crippen molar-refractivity contribution in [2.75, 3.05) is 34.9 Å². The Labute approximate surface area is 189 Å². The summed E-state index contributed by atoms with van der Waals surface area (Å²) in [5.41, 5.74) is 3.26. The molecule has 0 unspecified atom stereocenters. The third kappa shape index (κ3) is 5.84. The fourth-order valence-electron chi connectivity index (χ4n) is 3.68. The molecule has 1 aliphatic rings. The number of carbonyl (C=O) groups excluding carboxylic acids is 1. The second-order valence-corrected chi connectivity index (χ2v) is 7.55. The summed E-state index contributed by atoms with van der Waals surface area (Å²) in [5, 5.41) is 6.63. The standard InChI is InChI=1S/C24H32N4O4/c1-25-24(27-15-19-12-20(30-2)23(32-4)21(13-19)31-3)26-14-17-7-9-18(10-8-17)16-28-11-5-6-22(28)29/h7-10,12-13H,5-6,11,14-16H2,1-4H3,(H2,25,26,27). The average molecular weight is 441 g/mol. The van der Waals surface area contributed by atoms with Crippen molar-refractivity contribution in [1.29, 1.82) is 0 Å². The van der Waals surface area contributed by atoms with Gasteiger partial charge in [-0.2, -0.15) is 0 Å². The van der Waals surface area contributed by atoms with Gasteiger partial charge in [-0.1, -0.05) is 24.3 Å².